The number of hydrogen-bond donors (Lipinski definition) is 0. The summed E-state index contributed by atoms with van der Waals surface area (Å²) in [6, 6.07) is 7.57. The summed E-state index contributed by atoms with van der Waals surface area (Å²) in [4.78, 5) is 14.4. The lowest BCUT2D eigenvalue weighted by Crippen LogP contribution is -2.33. The quantitative estimate of drug-likeness (QED) is 0.685. The molecule has 0 spiro atoms. The zero-order valence-corrected chi connectivity index (χ0v) is 14.8. The van der Waals surface area contributed by atoms with Crippen LogP contribution in [0.5, 0.6) is 5.75 Å². The zero-order chi connectivity index (χ0) is 16.2. The smallest absolute Gasteiger partial charge is 0.226 e. The molecule has 1 heterocycles. The van der Waals surface area contributed by atoms with Gasteiger partial charge in [-0.2, -0.15) is 11.3 Å². The number of amides is 1. The van der Waals surface area contributed by atoms with E-state index in [4.69, 9.17) is 27.9 Å². The minimum Gasteiger partial charge on any atom is -0.493 e. The molecule has 1 aliphatic carbocycles. The molecule has 1 fully saturated rings. The van der Waals surface area contributed by atoms with E-state index >= 15 is 0 Å². The summed E-state index contributed by atoms with van der Waals surface area (Å²) >= 11 is 13.5. The highest BCUT2D eigenvalue weighted by Crippen LogP contribution is 2.30. The molecule has 0 saturated heterocycles. The lowest BCUT2D eigenvalue weighted by molar-refractivity contribution is -0.132. The van der Waals surface area contributed by atoms with Gasteiger partial charge in [0.05, 0.1) is 23.1 Å². The summed E-state index contributed by atoms with van der Waals surface area (Å²) in [5.74, 6) is 0.766. The normalized spacial score (nSPS) is 13.8. The number of hydrogen-bond acceptors (Lipinski definition) is 3. The molecule has 1 aromatic heterocycles. The van der Waals surface area contributed by atoms with E-state index in [9.17, 15) is 4.79 Å². The number of carbonyl (C=O) groups is 1. The van der Waals surface area contributed by atoms with Crippen LogP contribution in [0.4, 0.5) is 0 Å². The molecular weight excluding hydrogens is 353 g/mol. The average Bonchev–Trinajstić information content (AvgIpc) is 3.24. The van der Waals surface area contributed by atoms with E-state index in [-0.39, 0.29) is 5.91 Å². The van der Waals surface area contributed by atoms with Crippen LogP contribution in [0.3, 0.4) is 0 Å². The number of benzene rings is 1. The van der Waals surface area contributed by atoms with Crippen LogP contribution < -0.4 is 4.74 Å². The van der Waals surface area contributed by atoms with Gasteiger partial charge in [-0.3, -0.25) is 4.79 Å². The third-order valence-corrected chi connectivity index (χ3v) is 5.19. The van der Waals surface area contributed by atoms with Crippen molar-refractivity contribution in [3.8, 4) is 5.75 Å². The Morgan fingerprint density at radius 1 is 1.26 bits per heavy atom. The van der Waals surface area contributed by atoms with Crippen molar-refractivity contribution in [1.82, 2.24) is 4.90 Å². The van der Waals surface area contributed by atoms with Crippen LogP contribution >= 0.6 is 34.5 Å². The van der Waals surface area contributed by atoms with Crippen molar-refractivity contribution in [2.24, 2.45) is 0 Å². The van der Waals surface area contributed by atoms with Crippen molar-refractivity contribution >= 4 is 40.4 Å². The van der Waals surface area contributed by atoms with E-state index in [0.717, 1.165) is 12.8 Å². The first-order valence-electron chi connectivity index (χ1n) is 7.52. The number of rotatable bonds is 7. The van der Waals surface area contributed by atoms with Gasteiger partial charge in [0.2, 0.25) is 5.91 Å². The Hall–Kier alpha value is -1.23. The van der Waals surface area contributed by atoms with Crippen molar-refractivity contribution in [1.29, 1.82) is 0 Å². The van der Waals surface area contributed by atoms with Gasteiger partial charge in [0.1, 0.15) is 5.75 Å². The maximum Gasteiger partial charge on any atom is 0.226 e. The maximum absolute atomic E-state index is 12.5. The second-order valence-corrected chi connectivity index (χ2v) is 7.15. The Labute approximate surface area is 149 Å². The largest absolute Gasteiger partial charge is 0.493 e. The molecule has 0 atom stereocenters. The summed E-state index contributed by atoms with van der Waals surface area (Å²) in [6.07, 6.45) is 2.56. The highest BCUT2D eigenvalue weighted by molar-refractivity contribution is 7.07. The summed E-state index contributed by atoms with van der Waals surface area (Å²) in [6.45, 7) is 1.03. The molecule has 0 unspecified atom stereocenters. The van der Waals surface area contributed by atoms with Crippen molar-refractivity contribution in [3.63, 3.8) is 0 Å². The monoisotopic (exact) mass is 369 g/mol. The Morgan fingerprint density at radius 2 is 2.09 bits per heavy atom. The molecular formula is C17H17Cl2NO2S. The lowest BCUT2D eigenvalue weighted by atomic mass is 10.2. The van der Waals surface area contributed by atoms with Crippen molar-refractivity contribution < 1.29 is 9.53 Å². The first-order valence-corrected chi connectivity index (χ1v) is 9.22. The molecule has 23 heavy (non-hydrogen) atoms. The fourth-order valence-electron chi connectivity index (χ4n) is 2.35. The number of ether oxygens (including phenoxy) is 1. The van der Waals surface area contributed by atoms with Crippen molar-refractivity contribution in [3.05, 3.63) is 50.6 Å². The number of halogens is 2. The van der Waals surface area contributed by atoms with Gasteiger partial charge in [-0.05, 0) is 47.4 Å². The molecule has 3 rings (SSSR count). The van der Waals surface area contributed by atoms with E-state index < -0.39 is 0 Å². The SMILES string of the molecule is O=C(CCOc1ccc(Cl)c(Cl)c1)N(Cc1ccsc1)C1CC1. The van der Waals surface area contributed by atoms with E-state index in [2.05, 4.69) is 11.4 Å². The molecule has 0 N–H and O–H groups in total. The summed E-state index contributed by atoms with van der Waals surface area (Å²) in [5.41, 5.74) is 1.20. The first-order chi connectivity index (χ1) is 11.1. The maximum atomic E-state index is 12.5. The number of nitrogens with zero attached hydrogens (tertiary/aromatic N) is 1. The van der Waals surface area contributed by atoms with E-state index in [1.807, 2.05) is 10.3 Å². The molecule has 122 valence electrons. The van der Waals surface area contributed by atoms with Gasteiger partial charge in [-0.1, -0.05) is 23.2 Å². The fraction of sp³-hybridized carbons (Fsp3) is 0.353. The standard InChI is InChI=1S/C17H17Cl2NO2S/c18-15-4-3-14(9-16(15)19)22-7-5-17(21)20(13-1-2-13)10-12-6-8-23-11-12/h3-4,6,8-9,11,13H,1-2,5,7,10H2. The van der Waals surface area contributed by atoms with Crippen LogP contribution in [-0.4, -0.2) is 23.5 Å². The van der Waals surface area contributed by atoms with Crippen LogP contribution in [0.25, 0.3) is 0 Å². The highest BCUT2D eigenvalue weighted by atomic mass is 35.5. The Morgan fingerprint density at radius 3 is 2.74 bits per heavy atom. The molecule has 3 nitrogen and oxygen atoms in total. The molecule has 0 bridgehead atoms. The Balaban J connectivity index is 1.51. The first kappa shape index (κ1) is 16.6. The predicted octanol–water partition coefficient (Wildman–Crippen LogP) is 5.02. The summed E-state index contributed by atoms with van der Waals surface area (Å²) in [5, 5.41) is 5.07. The Bertz CT molecular complexity index is 671. The molecule has 6 heteroatoms. The minimum absolute atomic E-state index is 0.138. The molecule has 1 amide bonds. The van der Waals surface area contributed by atoms with Gasteiger partial charge in [-0.25, -0.2) is 0 Å². The van der Waals surface area contributed by atoms with Crippen LogP contribution in [-0.2, 0) is 11.3 Å². The van der Waals surface area contributed by atoms with Crippen LogP contribution in [0, 0.1) is 0 Å². The van der Waals surface area contributed by atoms with Gasteiger partial charge in [0.25, 0.3) is 0 Å². The second-order valence-electron chi connectivity index (χ2n) is 5.56. The molecule has 1 aliphatic rings. The molecule has 1 saturated carbocycles. The van der Waals surface area contributed by atoms with Crippen molar-refractivity contribution in [2.75, 3.05) is 6.61 Å². The van der Waals surface area contributed by atoms with Gasteiger partial charge >= 0.3 is 0 Å². The average molecular weight is 370 g/mol. The molecule has 2 aromatic rings. The molecule has 0 radical (unpaired) electrons. The van der Waals surface area contributed by atoms with Crippen LogP contribution in [0.1, 0.15) is 24.8 Å². The van der Waals surface area contributed by atoms with Crippen molar-refractivity contribution in [2.45, 2.75) is 31.8 Å². The van der Waals surface area contributed by atoms with Crippen LogP contribution in [0.15, 0.2) is 35.0 Å². The lowest BCUT2D eigenvalue weighted by Gasteiger charge is -2.22. The topological polar surface area (TPSA) is 29.5 Å². The third-order valence-electron chi connectivity index (χ3n) is 3.72. The summed E-state index contributed by atoms with van der Waals surface area (Å²) < 4.78 is 5.61. The van der Waals surface area contributed by atoms with E-state index in [1.165, 1.54) is 5.56 Å². The molecule has 1 aromatic carbocycles. The van der Waals surface area contributed by atoms with Gasteiger partial charge < -0.3 is 9.64 Å². The second kappa shape index (κ2) is 7.56. The zero-order valence-electron chi connectivity index (χ0n) is 12.5. The van der Waals surface area contributed by atoms with Gasteiger partial charge in [-0.15, -0.1) is 0 Å². The van der Waals surface area contributed by atoms with E-state index in [1.54, 1.807) is 29.5 Å². The molecule has 0 aliphatic heterocycles. The van der Waals surface area contributed by atoms with Gasteiger partial charge in [0, 0.05) is 18.7 Å². The fourth-order valence-corrected chi connectivity index (χ4v) is 3.30. The van der Waals surface area contributed by atoms with Gasteiger partial charge in [0.15, 0.2) is 0 Å². The number of carbonyl (C=O) groups excluding carboxylic acids is 1. The Kier molecular flexibility index (Phi) is 5.46. The number of thiophene rings is 1. The highest BCUT2D eigenvalue weighted by Gasteiger charge is 2.32. The third kappa shape index (κ3) is 4.63. The predicted molar refractivity (Wildman–Crippen MR) is 94.5 cm³/mol. The van der Waals surface area contributed by atoms with Crippen LogP contribution in [0.2, 0.25) is 10.0 Å². The minimum atomic E-state index is 0.138. The van der Waals surface area contributed by atoms with E-state index in [0.29, 0.717) is 41.4 Å². The summed E-state index contributed by atoms with van der Waals surface area (Å²) in [7, 11) is 0.